The van der Waals surface area contributed by atoms with Crippen LogP contribution in [0, 0.1) is 5.92 Å². The van der Waals surface area contributed by atoms with Crippen LogP contribution in [0.3, 0.4) is 0 Å². The highest BCUT2D eigenvalue weighted by atomic mass is 16.5. The van der Waals surface area contributed by atoms with E-state index in [1.165, 1.54) is 20.0 Å². The van der Waals surface area contributed by atoms with Crippen LogP contribution in [-0.4, -0.2) is 25.7 Å². The van der Waals surface area contributed by atoms with Gasteiger partial charge in [0.1, 0.15) is 0 Å². The zero-order valence-electron chi connectivity index (χ0n) is 7.80. The smallest absolute Gasteiger partial charge is 0.307 e. The summed E-state index contributed by atoms with van der Waals surface area (Å²) in [4.78, 5) is 10.8. The lowest BCUT2D eigenvalue weighted by molar-refractivity contribution is -0.141. The standard InChI is InChI=1S/C9H17NO2/c1-7(5-9(11)12-2)10-6-8-3-4-8/h7-8,10H,3-6H2,1-2H3. The van der Waals surface area contributed by atoms with Crippen molar-refractivity contribution in [2.75, 3.05) is 13.7 Å². The van der Waals surface area contributed by atoms with Crippen molar-refractivity contribution in [2.24, 2.45) is 5.92 Å². The zero-order chi connectivity index (χ0) is 8.97. The van der Waals surface area contributed by atoms with Crippen LogP contribution < -0.4 is 5.32 Å². The molecular weight excluding hydrogens is 154 g/mol. The maximum absolute atomic E-state index is 10.8. The first-order valence-electron chi connectivity index (χ1n) is 4.52. The number of carbonyl (C=O) groups is 1. The van der Waals surface area contributed by atoms with E-state index in [9.17, 15) is 4.79 Å². The van der Waals surface area contributed by atoms with Crippen LogP contribution in [0.15, 0.2) is 0 Å². The van der Waals surface area contributed by atoms with Gasteiger partial charge in [0.25, 0.3) is 0 Å². The molecule has 12 heavy (non-hydrogen) atoms. The van der Waals surface area contributed by atoms with Crippen LogP contribution in [0.25, 0.3) is 0 Å². The number of ether oxygens (including phenoxy) is 1. The molecule has 1 unspecified atom stereocenters. The van der Waals surface area contributed by atoms with Crippen molar-refractivity contribution >= 4 is 5.97 Å². The normalized spacial score (nSPS) is 18.8. The average molecular weight is 171 g/mol. The molecule has 1 atom stereocenters. The fourth-order valence-corrected chi connectivity index (χ4v) is 1.10. The second-order valence-corrected chi connectivity index (χ2v) is 3.53. The minimum absolute atomic E-state index is 0.134. The molecule has 1 N–H and O–H groups in total. The number of nitrogens with one attached hydrogen (secondary N) is 1. The Balaban J connectivity index is 2.01. The van der Waals surface area contributed by atoms with Crippen LogP contribution in [0.4, 0.5) is 0 Å². The highest BCUT2D eigenvalue weighted by Gasteiger charge is 2.21. The molecule has 0 aromatic rings. The maximum Gasteiger partial charge on any atom is 0.307 e. The molecule has 0 aromatic carbocycles. The van der Waals surface area contributed by atoms with Crippen LogP contribution in [0.5, 0.6) is 0 Å². The van der Waals surface area contributed by atoms with Crippen molar-refractivity contribution in [2.45, 2.75) is 32.2 Å². The Labute approximate surface area is 73.5 Å². The Kier molecular flexibility index (Phi) is 3.53. The molecule has 1 rings (SSSR count). The van der Waals surface area contributed by atoms with Crippen LogP contribution in [0.2, 0.25) is 0 Å². The summed E-state index contributed by atoms with van der Waals surface area (Å²) in [5, 5.41) is 3.31. The summed E-state index contributed by atoms with van der Waals surface area (Å²) in [6.07, 6.45) is 3.17. The molecule has 0 heterocycles. The summed E-state index contributed by atoms with van der Waals surface area (Å²) in [6, 6.07) is 0.248. The van der Waals surface area contributed by atoms with Gasteiger partial charge in [-0.3, -0.25) is 4.79 Å². The highest BCUT2D eigenvalue weighted by molar-refractivity contribution is 5.69. The number of methoxy groups -OCH3 is 1. The van der Waals surface area contributed by atoms with Gasteiger partial charge in [-0.25, -0.2) is 0 Å². The molecule has 0 aliphatic heterocycles. The molecule has 0 aromatic heterocycles. The van der Waals surface area contributed by atoms with Gasteiger partial charge < -0.3 is 10.1 Å². The molecule has 1 saturated carbocycles. The van der Waals surface area contributed by atoms with Crippen LogP contribution in [-0.2, 0) is 9.53 Å². The Morgan fingerprint density at radius 1 is 1.67 bits per heavy atom. The van der Waals surface area contributed by atoms with E-state index in [-0.39, 0.29) is 12.0 Å². The number of esters is 1. The number of hydrogen-bond acceptors (Lipinski definition) is 3. The van der Waals surface area contributed by atoms with Gasteiger partial charge in [-0.2, -0.15) is 0 Å². The first-order chi connectivity index (χ1) is 5.72. The quantitative estimate of drug-likeness (QED) is 0.625. The highest BCUT2D eigenvalue weighted by Crippen LogP contribution is 2.27. The van der Waals surface area contributed by atoms with E-state index in [1.807, 2.05) is 6.92 Å². The van der Waals surface area contributed by atoms with Gasteiger partial charge in [-0.1, -0.05) is 0 Å². The third kappa shape index (κ3) is 3.72. The first-order valence-corrected chi connectivity index (χ1v) is 4.52. The SMILES string of the molecule is COC(=O)CC(C)NCC1CC1. The molecule has 1 aliphatic rings. The molecule has 70 valence electrons. The molecule has 0 saturated heterocycles. The molecule has 0 amide bonds. The predicted octanol–water partition coefficient (Wildman–Crippen LogP) is 0.938. The molecule has 1 fully saturated rings. The van der Waals surface area contributed by atoms with Gasteiger partial charge >= 0.3 is 5.97 Å². The summed E-state index contributed by atoms with van der Waals surface area (Å²) in [5.41, 5.74) is 0. The second kappa shape index (κ2) is 4.45. The van der Waals surface area contributed by atoms with E-state index >= 15 is 0 Å². The lowest BCUT2D eigenvalue weighted by Gasteiger charge is -2.11. The predicted molar refractivity (Wildman–Crippen MR) is 46.8 cm³/mol. The summed E-state index contributed by atoms with van der Waals surface area (Å²) >= 11 is 0. The van der Waals surface area contributed by atoms with Crippen molar-refractivity contribution in [1.29, 1.82) is 0 Å². The van der Waals surface area contributed by atoms with Crippen LogP contribution >= 0.6 is 0 Å². The maximum atomic E-state index is 10.8. The molecule has 0 spiro atoms. The first kappa shape index (κ1) is 9.52. The Hall–Kier alpha value is -0.570. The van der Waals surface area contributed by atoms with Crippen molar-refractivity contribution < 1.29 is 9.53 Å². The zero-order valence-corrected chi connectivity index (χ0v) is 7.80. The minimum atomic E-state index is -0.134. The monoisotopic (exact) mass is 171 g/mol. The lowest BCUT2D eigenvalue weighted by Crippen LogP contribution is -2.30. The van der Waals surface area contributed by atoms with Gasteiger partial charge in [0.05, 0.1) is 13.5 Å². The van der Waals surface area contributed by atoms with E-state index in [1.54, 1.807) is 0 Å². The topological polar surface area (TPSA) is 38.3 Å². The van der Waals surface area contributed by atoms with E-state index < -0.39 is 0 Å². The van der Waals surface area contributed by atoms with E-state index in [4.69, 9.17) is 0 Å². The Morgan fingerprint density at radius 2 is 2.33 bits per heavy atom. The average Bonchev–Trinajstić information content (AvgIpc) is 2.83. The lowest BCUT2D eigenvalue weighted by atomic mass is 10.2. The Bertz CT molecular complexity index is 155. The fourth-order valence-electron chi connectivity index (χ4n) is 1.10. The van der Waals surface area contributed by atoms with Crippen molar-refractivity contribution in [3.05, 3.63) is 0 Å². The summed E-state index contributed by atoms with van der Waals surface area (Å²) in [6.45, 7) is 3.07. The van der Waals surface area contributed by atoms with Gasteiger partial charge in [0.2, 0.25) is 0 Å². The van der Waals surface area contributed by atoms with Gasteiger partial charge in [0, 0.05) is 6.04 Å². The van der Waals surface area contributed by atoms with Crippen molar-refractivity contribution in [3.63, 3.8) is 0 Å². The van der Waals surface area contributed by atoms with Crippen molar-refractivity contribution in [3.8, 4) is 0 Å². The van der Waals surface area contributed by atoms with Crippen LogP contribution in [0.1, 0.15) is 26.2 Å². The molecule has 3 heteroatoms. The van der Waals surface area contributed by atoms with Gasteiger partial charge in [-0.05, 0) is 32.2 Å². The summed E-state index contributed by atoms with van der Waals surface area (Å²) < 4.78 is 4.56. The minimum Gasteiger partial charge on any atom is -0.469 e. The third-order valence-electron chi connectivity index (χ3n) is 2.15. The molecular formula is C9H17NO2. The summed E-state index contributed by atoms with van der Waals surface area (Å²) in [7, 11) is 1.43. The largest absolute Gasteiger partial charge is 0.469 e. The number of rotatable bonds is 5. The number of carbonyl (C=O) groups excluding carboxylic acids is 1. The van der Waals surface area contributed by atoms with Gasteiger partial charge in [-0.15, -0.1) is 0 Å². The molecule has 0 bridgehead atoms. The second-order valence-electron chi connectivity index (χ2n) is 3.53. The fraction of sp³-hybridized carbons (Fsp3) is 0.889. The summed E-state index contributed by atoms with van der Waals surface area (Å²) in [5.74, 6) is 0.732. The van der Waals surface area contributed by atoms with E-state index in [0.29, 0.717) is 6.42 Å². The molecule has 1 aliphatic carbocycles. The van der Waals surface area contributed by atoms with E-state index in [0.717, 1.165) is 12.5 Å². The third-order valence-corrected chi connectivity index (χ3v) is 2.15. The molecule has 3 nitrogen and oxygen atoms in total. The Morgan fingerprint density at radius 3 is 2.83 bits per heavy atom. The van der Waals surface area contributed by atoms with E-state index in [2.05, 4.69) is 10.1 Å². The van der Waals surface area contributed by atoms with Gasteiger partial charge in [0.15, 0.2) is 0 Å². The number of hydrogen-bond donors (Lipinski definition) is 1. The van der Waals surface area contributed by atoms with Crippen molar-refractivity contribution in [1.82, 2.24) is 5.32 Å². The molecule has 0 radical (unpaired) electrons.